The summed E-state index contributed by atoms with van der Waals surface area (Å²) in [6.45, 7) is 8.68. The van der Waals surface area contributed by atoms with E-state index >= 15 is 0 Å². The molecule has 1 aliphatic carbocycles. The van der Waals surface area contributed by atoms with E-state index in [-0.39, 0.29) is 6.04 Å². The minimum atomic E-state index is 0.142. The molecule has 0 bridgehead atoms. The van der Waals surface area contributed by atoms with Crippen molar-refractivity contribution < 1.29 is 0 Å². The van der Waals surface area contributed by atoms with Crippen LogP contribution in [0.1, 0.15) is 30.0 Å². The fraction of sp³-hybridized carbons (Fsp3) is 0.115. The summed E-state index contributed by atoms with van der Waals surface area (Å²) in [6, 6.07) is 58.8. The minimum absolute atomic E-state index is 0.142. The molecule has 54 heavy (non-hydrogen) atoms. The molecule has 0 heterocycles. The van der Waals surface area contributed by atoms with Gasteiger partial charge in [0.2, 0.25) is 0 Å². The predicted molar refractivity (Wildman–Crippen MR) is 233 cm³/mol. The van der Waals surface area contributed by atoms with Gasteiger partial charge < -0.3 is 9.80 Å². The molecule has 2 nitrogen and oxygen atoms in total. The SMILES string of the molecule is CC1=CCC(N(c2ccc(C)cc2)c2c3ccccc3c(N(c3ccc(C)cc3)c3ccc(C)cc3)c3ccc(-c4ccc5ccccc5c4)cc23)C=C1. The van der Waals surface area contributed by atoms with Gasteiger partial charge in [-0.2, -0.15) is 0 Å². The molecule has 1 atom stereocenters. The highest BCUT2D eigenvalue weighted by Crippen LogP contribution is 2.51. The molecule has 0 saturated carbocycles. The summed E-state index contributed by atoms with van der Waals surface area (Å²) < 4.78 is 0. The van der Waals surface area contributed by atoms with Gasteiger partial charge in [-0.05, 0) is 105 Å². The van der Waals surface area contributed by atoms with Crippen LogP contribution in [0.3, 0.4) is 0 Å². The van der Waals surface area contributed by atoms with Crippen LogP contribution < -0.4 is 9.80 Å². The first-order valence-corrected chi connectivity index (χ1v) is 19.0. The normalized spacial score (nSPS) is 14.1. The molecule has 9 rings (SSSR count). The maximum Gasteiger partial charge on any atom is 0.0619 e. The Morgan fingerprint density at radius 2 is 0.963 bits per heavy atom. The van der Waals surface area contributed by atoms with Gasteiger partial charge in [0.25, 0.3) is 0 Å². The molecule has 1 aliphatic rings. The molecule has 2 heteroatoms. The van der Waals surface area contributed by atoms with E-state index in [1.165, 1.54) is 82.8 Å². The zero-order valence-corrected chi connectivity index (χ0v) is 31.4. The van der Waals surface area contributed by atoms with Crippen molar-refractivity contribution in [2.45, 2.75) is 40.2 Å². The number of benzene rings is 8. The third-order valence-corrected chi connectivity index (χ3v) is 11.0. The summed E-state index contributed by atoms with van der Waals surface area (Å²) in [5.74, 6) is 0. The van der Waals surface area contributed by atoms with Crippen molar-refractivity contribution in [2.75, 3.05) is 9.80 Å². The summed E-state index contributed by atoms with van der Waals surface area (Å²) >= 11 is 0. The van der Waals surface area contributed by atoms with Gasteiger partial charge in [-0.15, -0.1) is 0 Å². The Morgan fingerprint density at radius 3 is 1.57 bits per heavy atom. The van der Waals surface area contributed by atoms with Crippen LogP contribution in [0.25, 0.3) is 43.4 Å². The second kappa shape index (κ2) is 13.9. The molecule has 0 aliphatic heterocycles. The number of fused-ring (bicyclic) bond motifs is 3. The summed E-state index contributed by atoms with van der Waals surface area (Å²) in [5.41, 5.74) is 13.3. The molecule has 1 unspecified atom stereocenters. The van der Waals surface area contributed by atoms with Crippen LogP contribution in [0.5, 0.6) is 0 Å². The monoisotopic (exact) mass is 696 g/mol. The van der Waals surface area contributed by atoms with Crippen LogP contribution in [-0.4, -0.2) is 6.04 Å². The van der Waals surface area contributed by atoms with E-state index in [1.807, 2.05) is 0 Å². The van der Waals surface area contributed by atoms with Gasteiger partial charge in [0.15, 0.2) is 0 Å². The largest absolute Gasteiger partial charge is 0.333 e. The smallest absolute Gasteiger partial charge is 0.0619 e. The number of anilines is 5. The Bertz CT molecular complexity index is 2670. The first-order chi connectivity index (χ1) is 26.4. The molecule has 0 fully saturated rings. The Labute approximate surface area is 318 Å². The lowest BCUT2D eigenvalue weighted by Crippen LogP contribution is -2.30. The zero-order valence-electron chi connectivity index (χ0n) is 31.4. The highest BCUT2D eigenvalue weighted by Gasteiger charge is 2.28. The third kappa shape index (κ3) is 6.14. The molecule has 0 N–H and O–H groups in total. The van der Waals surface area contributed by atoms with Crippen molar-refractivity contribution in [3.8, 4) is 11.1 Å². The van der Waals surface area contributed by atoms with E-state index in [0.29, 0.717) is 0 Å². The van der Waals surface area contributed by atoms with E-state index < -0.39 is 0 Å². The molecule has 8 aromatic carbocycles. The lowest BCUT2D eigenvalue weighted by Gasteiger charge is -2.37. The standard InChI is InChI=1S/C52H44N2/c1-35-13-24-43(25-14-35)53(44-26-15-36(2)16-27-44)51-47-11-7-8-12-48(47)52(54(45-28-17-37(3)18-29-45)46-30-19-38(4)20-31-46)50-34-42(23-32-49(50)51)41-22-21-39-9-5-6-10-40(39)33-41/h5-30,32-34,46H,31H2,1-4H3. The van der Waals surface area contributed by atoms with Gasteiger partial charge in [0.05, 0.1) is 17.4 Å². The molecular formula is C52H44N2. The van der Waals surface area contributed by atoms with Crippen molar-refractivity contribution in [3.05, 3.63) is 198 Å². The van der Waals surface area contributed by atoms with Crippen LogP contribution in [-0.2, 0) is 0 Å². The molecule has 8 aromatic rings. The second-order valence-corrected chi connectivity index (χ2v) is 14.9. The average molecular weight is 697 g/mol. The summed E-state index contributed by atoms with van der Waals surface area (Å²) in [6.07, 6.45) is 7.98. The fourth-order valence-corrected chi connectivity index (χ4v) is 8.08. The average Bonchev–Trinajstić information content (AvgIpc) is 3.21. The minimum Gasteiger partial charge on any atom is -0.333 e. The van der Waals surface area contributed by atoms with Crippen molar-refractivity contribution >= 4 is 60.8 Å². The molecule has 262 valence electrons. The zero-order chi connectivity index (χ0) is 36.8. The van der Waals surface area contributed by atoms with Crippen molar-refractivity contribution in [2.24, 2.45) is 0 Å². The Balaban J connectivity index is 1.40. The Hall–Kier alpha value is -6.38. The van der Waals surface area contributed by atoms with E-state index in [1.54, 1.807) is 0 Å². The van der Waals surface area contributed by atoms with E-state index in [4.69, 9.17) is 0 Å². The van der Waals surface area contributed by atoms with Gasteiger partial charge >= 0.3 is 0 Å². The lowest BCUT2D eigenvalue weighted by atomic mass is 9.91. The highest BCUT2D eigenvalue weighted by atomic mass is 15.2. The summed E-state index contributed by atoms with van der Waals surface area (Å²) in [4.78, 5) is 5.06. The quantitative estimate of drug-likeness (QED) is 0.121. The molecule has 0 radical (unpaired) electrons. The highest BCUT2D eigenvalue weighted by molar-refractivity contribution is 6.23. The van der Waals surface area contributed by atoms with Crippen LogP contribution >= 0.6 is 0 Å². The molecule has 0 spiro atoms. The molecular weight excluding hydrogens is 653 g/mol. The van der Waals surface area contributed by atoms with Crippen molar-refractivity contribution in [1.82, 2.24) is 0 Å². The predicted octanol–water partition coefficient (Wildman–Crippen LogP) is 14.6. The van der Waals surface area contributed by atoms with Crippen molar-refractivity contribution in [3.63, 3.8) is 0 Å². The van der Waals surface area contributed by atoms with Gasteiger partial charge in [0.1, 0.15) is 0 Å². The molecule has 0 amide bonds. The van der Waals surface area contributed by atoms with Crippen molar-refractivity contribution in [1.29, 1.82) is 0 Å². The van der Waals surface area contributed by atoms with Gasteiger partial charge in [-0.1, -0.05) is 150 Å². The number of allylic oxidation sites excluding steroid dienone is 2. The van der Waals surface area contributed by atoms with E-state index in [9.17, 15) is 0 Å². The van der Waals surface area contributed by atoms with Crippen LogP contribution in [0, 0.1) is 20.8 Å². The second-order valence-electron chi connectivity index (χ2n) is 14.9. The Morgan fingerprint density at radius 1 is 0.444 bits per heavy atom. The first-order valence-electron chi connectivity index (χ1n) is 19.0. The van der Waals surface area contributed by atoms with E-state index in [2.05, 4.69) is 213 Å². The topological polar surface area (TPSA) is 6.48 Å². The van der Waals surface area contributed by atoms with Gasteiger partial charge in [0, 0.05) is 38.6 Å². The van der Waals surface area contributed by atoms with Gasteiger partial charge in [-0.3, -0.25) is 0 Å². The van der Waals surface area contributed by atoms with E-state index in [0.717, 1.165) is 17.8 Å². The summed E-state index contributed by atoms with van der Waals surface area (Å²) in [7, 11) is 0. The molecule has 0 saturated heterocycles. The maximum atomic E-state index is 2.60. The number of hydrogen-bond donors (Lipinski definition) is 0. The van der Waals surface area contributed by atoms with Crippen LogP contribution in [0.2, 0.25) is 0 Å². The summed E-state index contributed by atoms with van der Waals surface area (Å²) in [5, 5.41) is 7.36. The molecule has 0 aromatic heterocycles. The van der Waals surface area contributed by atoms with Crippen LogP contribution in [0.15, 0.2) is 182 Å². The van der Waals surface area contributed by atoms with Gasteiger partial charge in [-0.25, -0.2) is 0 Å². The number of nitrogens with zero attached hydrogens (tertiary/aromatic N) is 2. The van der Waals surface area contributed by atoms with Crippen LogP contribution in [0.4, 0.5) is 28.4 Å². The maximum absolute atomic E-state index is 2.60. The first kappa shape index (κ1) is 33.5. The Kier molecular flexibility index (Phi) is 8.60. The number of rotatable bonds is 7. The third-order valence-electron chi connectivity index (χ3n) is 11.0. The lowest BCUT2D eigenvalue weighted by molar-refractivity contribution is 0.783. The number of hydrogen-bond acceptors (Lipinski definition) is 2. The number of aryl methyl sites for hydroxylation is 3. The fourth-order valence-electron chi connectivity index (χ4n) is 8.08.